The third kappa shape index (κ3) is 9.86. The molecule has 0 saturated carbocycles. The van der Waals surface area contributed by atoms with Crippen molar-refractivity contribution in [1.82, 2.24) is 0 Å². The Kier molecular flexibility index (Phi) is 11.0. The van der Waals surface area contributed by atoms with Gasteiger partial charge >= 0.3 is 0 Å². The molecule has 2 N–H and O–H groups in total. The van der Waals surface area contributed by atoms with Gasteiger partial charge < -0.3 is 15.1 Å². The zero-order valence-corrected chi connectivity index (χ0v) is 13.3. The molecule has 0 aromatic heterocycles. The van der Waals surface area contributed by atoms with Crippen molar-refractivity contribution in [3.05, 3.63) is 0 Å². The highest BCUT2D eigenvalue weighted by molar-refractivity contribution is 4.68. The fraction of sp³-hybridized carbons (Fsp3) is 1.00. The molecule has 3 heteroatoms. The maximum absolute atomic E-state index is 10.1. The van der Waals surface area contributed by atoms with E-state index in [1.807, 2.05) is 0 Å². The van der Waals surface area contributed by atoms with Crippen molar-refractivity contribution in [2.45, 2.75) is 59.0 Å². The van der Waals surface area contributed by atoms with Crippen molar-refractivity contribution in [1.29, 1.82) is 0 Å². The number of aliphatic hydroxyl groups is 1. The van der Waals surface area contributed by atoms with E-state index in [9.17, 15) is 5.11 Å². The molecule has 0 aromatic carbocycles. The smallest absolute Gasteiger partial charge is 0.104 e. The van der Waals surface area contributed by atoms with E-state index in [4.69, 9.17) is 0 Å². The molecule has 0 spiro atoms. The Morgan fingerprint density at radius 3 is 1.61 bits per heavy atom. The van der Waals surface area contributed by atoms with E-state index in [1.165, 1.54) is 25.7 Å². The van der Waals surface area contributed by atoms with Gasteiger partial charge in [-0.05, 0) is 24.7 Å². The van der Waals surface area contributed by atoms with Crippen molar-refractivity contribution < 1.29 is 15.1 Å². The molecule has 0 amide bonds. The zero-order valence-electron chi connectivity index (χ0n) is 13.3. The lowest BCUT2D eigenvalue weighted by molar-refractivity contribution is -0.873. The first kappa shape index (κ1) is 20.2. The quantitative estimate of drug-likeness (QED) is 0.648. The van der Waals surface area contributed by atoms with Crippen molar-refractivity contribution in [3.8, 4) is 0 Å². The summed E-state index contributed by atoms with van der Waals surface area (Å²) in [4.78, 5) is 0. The predicted octanol–water partition coefficient (Wildman–Crippen LogP) is 3.12. The van der Waals surface area contributed by atoms with Gasteiger partial charge in [-0.2, -0.15) is 0 Å². The Labute approximate surface area is 114 Å². The molecule has 0 aliphatic carbocycles. The summed E-state index contributed by atoms with van der Waals surface area (Å²) in [7, 11) is 6.43. The van der Waals surface area contributed by atoms with E-state index in [-0.39, 0.29) is 11.6 Å². The summed E-state index contributed by atoms with van der Waals surface area (Å²) in [5.41, 5.74) is 0. The number of hydrogen-bond acceptors (Lipinski definition) is 2. The van der Waals surface area contributed by atoms with E-state index < -0.39 is 0 Å². The van der Waals surface area contributed by atoms with Gasteiger partial charge in [-0.3, -0.25) is 0 Å². The van der Waals surface area contributed by atoms with Gasteiger partial charge in [-0.15, -0.1) is 0 Å². The topological polar surface area (TPSA) is 50.2 Å². The van der Waals surface area contributed by atoms with Crippen LogP contribution in [0.4, 0.5) is 0 Å². The zero-order chi connectivity index (χ0) is 13.5. The van der Waals surface area contributed by atoms with Crippen LogP contribution in [-0.4, -0.2) is 48.9 Å². The Balaban J connectivity index is 0. The Morgan fingerprint density at radius 1 is 0.833 bits per heavy atom. The molecule has 0 rings (SSSR count). The van der Waals surface area contributed by atoms with Crippen LogP contribution < -0.4 is 0 Å². The van der Waals surface area contributed by atoms with Gasteiger partial charge in [0.1, 0.15) is 12.6 Å². The summed E-state index contributed by atoms with van der Waals surface area (Å²) >= 11 is 0. The molecule has 2 atom stereocenters. The van der Waals surface area contributed by atoms with Crippen LogP contribution in [-0.2, 0) is 0 Å². The van der Waals surface area contributed by atoms with Crippen LogP contribution >= 0.6 is 0 Å². The van der Waals surface area contributed by atoms with Gasteiger partial charge in [0.2, 0.25) is 0 Å². The van der Waals surface area contributed by atoms with Gasteiger partial charge in [0, 0.05) is 0 Å². The molecular weight excluding hydrogens is 226 g/mol. The number of quaternary nitrogens is 1. The Hall–Kier alpha value is -0.120. The molecule has 112 valence electrons. The molecule has 0 aliphatic heterocycles. The second-order valence-corrected chi connectivity index (χ2v) is 6.55. The van der Waals surface area contributed by atoms with Gasteiger partial charge in [0.25, 0.3) is 0 Å². The lowest BCUT2D eigenvalue weighted by atomic mass is 9.85. The molecule has 0 radical (unpaired) electrons. The summed E-state index contributed by atoms with van der Waals surface area (Å²) in [6, 6.07) is 0. The summed E-state index contributed by atoms with van der Waals surface area (Å²) in [6.45, 7) is 7.68. The SMILES string of the molecule is CCC(CC)CC(CC)CC(O)C[N+](C)(C)C.[OH-]. The van der Waals surface area contributed by atoms with E-state index in [0.717, 1.165) is 23.4 Å². The van der Waals surface area contributed by atoms with Crippen molar-refractivity contribution in [3.63, 3.8) is 0 Å². The second kappa shape index (κ2) is 9.76. The van der Waals surface area contributed by atoms with Crippen LogP contribution in [0.2, 0.25) is 0 Å². The van der Waals surface area contributed by atoms with E-state index in [2.05, 4.69) is 41.9 Å². The molecule has 0 aliphatic rings. The molecule has 18 heavy (non-hydrogen) atoms. The number of nitrogens with zero attached hydrogens (tertiary/aromatic N) is 1. The number of rotatable bonds is 9. The summed E-state index contributed by atoms with van der Waals surface area (Å²) < 4.78 is 0.850. The first-order valence-electron chi connectivity index (χ1n) is 7.30. The molecule has 3 nitrogen and oxygen atoms in total. The number of aliphatic hydroxyl groups excluding tert-OH is 1. The number of hydrogen-bond donors (Lipinski definition) is 1. The van der Waals surface area contributed by atoms with E-state index in [1.54, 1.807) is 0 Å². The van der Waals surface area contributed by atoms with Crippen molar-refractivity contribution in [2.24, 2.45) is 11.8 Å². The third-order valence-electron chi connectivity index (χ3n) is 3.76. The van der Waals surface area contributed by atoms with Crippen LogP contribution in [0.15, 0.2) is 0 Å². The number of likely N-dealkylation sites (N-methyl/N-ethyl adjacent to an activating group) is 1. The van der Waals surface area contributed by atoms with Crippen LogP contribution in [0.3, 0.4) is 0 Å². The van der Waals surface area contributed by atoms with Gasteiger partial charge in [0.05, 0.1) is 21.1 Å². The highest BCUT2D eigenvalue weighted by atomic mass is 16.3. The summed E-state index contributed by atoms with van der Waals surface area (Å²) in [5, 5.41) is 10.1. The van der Waals surface area contributed by atoms with Crippen LogP contribution in [0.1, 0.15) is 52.9 Å². The molecule has 0 aromatic rings. The summed E-state index contributed by atoms with van der Waals surface area (Å²) in [6.07, 6.45) is 5.87. The minimum Gasteiger partial charge on any atom is -0.870 e. The van der Waals surface area contributed by atoms with Gasteiger partial charge in [-0.25, -0.2) is 0 Å². The highest BCUT2D eigenvalue weighted by Gasteiger charge is 2.21. The van der Waals surface area contributed by atoms with Crippen molar-refractivity contribution >= 4 is 0 Å². The normalized spacial score (nSPS) is 15.3. The van der Waals surface area contributed by atoms with Crippen LogP contribution in [0, 0.1) is 11.8 Å². The Bertz CT molecular complexity index is 185. The van der Waals surface area contributed by atoms with Crippen LogP contribution in [0.25, 0.3) is 0 Å². The molecular formula is C15H35NO2. The minimum absolute atomic E-state index is 0. The lowest BCUT2D eigenvalue weighted by Crippen LogP contribution is -2.42. The minimum atomic E-state index is -0.144. The summed E-state index contributed by atoms with van der Waals surface area (Å²) in [5.74, 6) is 1.54. The van der Waals surface area contributed by atoms with Gasteiger partial charge in [0.15, 0.2) is 0 Å². The average molecular weight is 261 g/mol. The van der Waals surface area contributed by atoms with Gasteiger partial charge in [-0.1, -0.05) is 40.0 Å². The monoisotopic (exact) mass is 261 g/mol. The van der Waals surface area contributed by atoms with Crippen molar-refractivity contribution in [2.75, 3.05) is 27.7 Å². The second-order valence-electron chi connectivity index (χ2n) is 6.55. The first-order chi connectivity index (χ1) is 7.82. The standard InChI is InChI=1S/C15H34NO.H2O/c1-7-13(8-2)10-14(9-3)11-15(17)12-16(4,5)6;/h13-15,17H,7-12H2,1-6H3;1H2/q+1;/p-1. The molecule has 0 heterocycles. The average Bonchev–Trinajstić information content (AvgIpc) is 2.21. The highest BCUT2D eigenvalue weighted by Crippen LogP contribution is 2.25. The maximum atomic E-state index is 10.1. The van der Waals surface area contributed by atoms with E-state index in [0.29, 0.717) is 5.92 Å². The van der Waals surface area contributed by atoms with Crippen LogP contribution in [0.5, 0.6) is 0 Å². The molecule has 0 saturated heterocycles. The Morgan fingerprint density at radius 2 is 1.28 bits per heavy atom. The third-order valence-corrected chi connectivity index (χ3v) is 3.76. The first-order valence-corrected chi connectivity index (χ1v) is 7.30. The fourth-order valence-electron chi connectivity index (χ4n) is 2.61. The lowest BCUT2D eigenvalue weighted by Gasteiger charge is -2.29. The maximum Gasteiger partial charge on any atom is 0.104 e. The van der Waals surface area contributed by atoms with E-state index >= 15 is 0 Å². The fourth-order valence-corrected chi connectivity index (χ4v) is 2.61. The largest absolute Gasteiger partial charge is 0.870 e. The predicted molar refractivity (Wildman–Crippen MR) is 77.9 cm³/mol. The molecule has 0 bridgehead atoms. The molecule has 0 fully saturated rings. The molecule has 2 unspecified atom stereocenters.